The number of thioether (sulfide) groups is 1. The summed E-state index contributed by atoms with van der Waals surface area (Å²) in [5, 5.41) is -0.358. The predicted molar refractivity (Wildman–Crippen MR) is 58.3 cm³/mol. The molecule has 1 saturated heterocycles. The topological polar surface area (TPSA) is 54.5 Å². The van der Waals surface area contributed by atoms with Crippen LogP contribution in [0.5, 0.6) is 0 Å². The first kappa shape index (κ1) is 12.2. The van der Waals surface area contributed by atoms with Gasteiger partial charge in [0.1, 0.15) is 0 Å². The number of carbonyl (C=O) groups is 3. The van der Waals surface area contributed by atoms with E-state index < -0.39 is 0 Å². The second-order valence-electron chi connectivity index (χ2n) is 3.49. The summed E-state index contributed by atoms with van der Waals surface area (Å²) in [6.45, 7) is 1.96. The Hall–Kier alpha value is -0.840. The molecule has 1 atom stereocenters. The highest BCUT2D eigenvalue weighted by molar-refractivity contribution is 8.00. The highest BCUT2D eigenvalue weighted by Crippen LogP contribution is 2.23. The van der Waals surface area contributed by atoms with E-state index in [0.29, 0.717) is 0 Å². The largest absolute Gasteiger partial charge is 0.274 e. The van der Waals surface area contributed by atoms with Gasteiger partial charge in [-0.25, -0.2) is 4.90 Å². The van der Waals surface area contributed by atoms with Gasteiger partial charge >= 0.3 is 0 Å². The van der Waals surface area contributed by atoms with E-state index in [1.807, 2.05) is 6.92 Å². The van der Waals surface area contributed by atoms with E-state index in [1.54, 1.807) is 6.26 Å². The molecule has 15 heavy (non-hydrogen) atoms. The van der Waals surface area contributed by atoms with Crippen molar-refractivity contribution in [1.82, 2.24) is 4.90 Å². The first-order valence-corrected chi connectivity index (χ1v) is 6.33. The number of amides is 3. The minimum atomic E-state index is -0.358. The lowest BCUT2D eigenvalue weighted by Gasteiger charge is -2.11. The molecule has 0 aromatic rings. The first-order chi connectivity index (χ1) is 7.11. The summed E-state index contributed by atoms with van der Waals surface area (Å²) in [6.07, 6.45) is 3.83. The molecule has 1 aliphatic rings. The molecule has 0 spiro atoms. The van der Waals surface area contributed by atoms with Crippen molar-refractivity contribution in [1.29, 1.82) is 0 Å². The van der Waals surface area contributed by atoms with Gasteiger partial charge in [0.25, 0.3) is 0 Å². The van der Waals surface area contributed by atoms with E-state index in [4.69, 9.17) is 0 Å². The van der Waals surface area contributed by atoms with E-state index >= 15 is 0 Å². The number of hydrogen-bond donors (Lipinski definition) is 0. The molecule has 84 valence electrons. The molecule has 1 unspecified atom stereocenters. The smallest absolute Gasteiger partial charge is 0.249 e. The summed E-state index contributed by atoms with van der Waals surface area (Å²) >= 11 is 1.32. The van der Waals surface area contributed by atoms with Crippen LogP contribution in [0.3, 0.4) is 0 Å². The second kappa shape index (κ2) is 5.30. The number of imide groups is 3. The maximum absolute atomic E-state index is 11.6. The number of nitrogens with zero attached hydrogens (tertiary/aromatic N) is 1. The predicted octanol–water partition coefficient (Wildman–Crippen LogP) is 1.19. The number of hydrogen-bond acceptors (Lipinski definition) is 4. The van der Waals surface area contributed by atoms with E-state index in [1.165, 1.54) is 11.8 Å². The van der Waals surface area contributed by atoms with Gasteiger partial charge in [-0.3, -0.25) is 14.4 Å². The zero-order valence-corrected chi connectivity index (χ0v) is 9.80. The van der Waals surface area contributed by atoms with Crippen LogP contribution in [0.4, 0.5) is 0 Å². The minimum Gasteiger partial charge on any atom is -0.274 e. The number of likely N-dealkylation sites (tertiary alicyclic amines) is 1. The van der Waals surface area contributed by atoms with Crippen LogP contribution in [0.15, 0.2) is 0 Å². The van der Waals surface area contributed by atoms with E-state index in [2.05, 4.69) is 0 Å². The summed E-state index contributed by atoms with van der Waals surface area (Å²) in [7, 11) is 0. The van der Waals surface area contributed by atoms with Crippen LogP contribution in [0.25, 0.3) is 0 Å². The Morgan fingerprint density at radius 3 is 2.67 bits per heavy atom. The molecule has 5 heteroatoms. The Kier molecular flexibility index (Phi) is 4.32. The number of carbonyl (C=O) groups excluding carboxylic acids is 3. The summed E-state index contributed by atoms with van der Waals surface area (Å²) in [5.41, 5.74) is 0. The van der Waals surface area contributed by atoms with Crippen LogP contribution in [-0.2, 0) is 14.4 Å². The van der Waals surface area contributed by atoms with Crippen LogP contribution in [0, 0.1) is 0 Å². The van der Waals surface area contributed by atoms with Gasteiger partial charge in [-0.1, -0.05) is 13.3 Å². The zero-order chi connectivity index (χ0) is 11.4. The lowest BCUT2D eigenvalue weighted by Crippen LogP contribution is -2.37. The van der Waals surface area contributed by atoms with E-state index in [9.17, 15) is 14.4 Å². The zero-order valence-electron chi connectivity index (χ0n) is 8.99. The third kappa shape index (κ3) is 2.59. The molecule has 1 aliphatic heterocycles. The molecular weight excluding hydrogens is 214 g/mol. The molecule has 0 radical (unpaired) electrons. The molecule has 1 rings (SSSR count). The van der Waals surface area contributed by atoms with Crippen LogP contribution in [0.1, 0.15) is 32.6 Å². The van der Waals surface area contributed by atoms with Gasteiger partial charge in [-0.05, 0) is 12.7 Å². The van der Waals surface area contributed by atoms with E-state index in [-0.39, 0.29) is 35.8 Å². The van der Waals surface area contributed by atoms with Crippen LogP contribution in [-0.4, -0.2) is 34.1 Å². The Labute approximate surface area is 93.4 Å². The third-order valence-electron chi connectivity index (χ3n) is 2.38. The number of rotatable bonds is 4. The quantitative estimate of drug-likeness (QED) is 0.680. The monoisotopic (exact) mass is 229 g/mol. The van der Waals surface area contributed by atoms with Gasteiger partial charge < -0.3 is 0 Å². The molecule has 0 N–H and O–H groups in total. The SMILES string of the molecule is CCCCC(=O)N1C(=O)CC(SC)C1=O. The molecule has 1 fully saturated rings. The Morgan fingerprint density at radius 1 is 1.53 bits per heavy atom. The van der Waals surface area contributed by atoms with Crippen molar-refractivity contribution in [3.8, 4) is 0 Å². The van der Waals surface area contributed by atoms with Crippen molar-refractivity contribution >= 4 is 29.5 Å². The van der Waals surface area contributed by atoms with Gasteiger partial charge in [0.15, 0.2) is 0 Å². The summed E-state index contributed by atoms with van der Waals surface area (Å²) in [6, 6.07) is 0. The van der Waals surface area contributed by atoms with Crippen molar-refractivity contribution in [2.24, 2.45) is 0 Å². The fourth-order valence-electron chi connectivity index (χ4n) is 1.49. The molecule has 1 heterocycles. The van der Waals surface area contributed by atoms with Crippen molar-refractivity contribution in [2.75, 3.05) is 6.26 Å². The highest BCUT2D eigenvalue weighted by Gasteiger charge is 2.41. The Balaban J connectivity index is 2.65. The second-order valence-corrected chi connectivity index (χ2v) is 4.53. The molecule has 0 aliphatic carbocycles. The molecule has 0 saturated carbocycles. The van der Waals surface area contributed by atoms with Gasteiger partial charge in [0.05, 0.1) is 5.25 Å². The maximum Gasteiger partial charge on any atom is 0.249 e. The normalized spacial score (nSPS) is 21.2. The van der Waals surface area contributed by atoms with Gasteiger partial charge in [0, 0.05) is 12.8 Å². The first-order valence-electron chi connectivity index (χ1n) is 5.04. The van der Waals surface area contributed by atoms with Crippen LogP contribution < -0.4 is 0 Å². The summed E-state index contributed by atoms with van der Waals surface area (Å²) in [4.78, 5) is 35.4. The van der Waals surface area contributed by atoms with Crippen molar-refractivity contribution in [3.05, 3.63) is 0 Å². The fraction of sp³-hybridized carbons (Fsp3) is 0.700. The van der Waals surface area contributed by atoms with Gasteiger partial charge in [-0.15, -0.1) is 0 Å². The minimum absolute atomic E-state index is 0.165. The molecule has 4 nitrogen and oxygen atoms in total. The number of unbranched alkanes of at least 4 members (excludes halogenated alkanes) is 1. The molecule has 0 bridgehead atoms. The van der Waals surface area contributed by atoms with Crippen LogP contribution >= 0.6 is 11.8 Å². The summed E-state index contributed by atoms with van der Waals surface area (Å²) in [5.74, 6) is -1.03. The van der Waals surface area contributed by atoms with Gasteiger partial charge in [0.2, 0.25) is 17.7 Å². The molecule has 0 aromatic heterocycles. The average Bonchev–Trinajstić information content (AvgIpc) is 2.50. The Morgan fingerprint density at radius 2 is 2.20 bits per heavy atom. The lowest BCUT2D eigenvalue weighted by atomic mass is 10.2. The highest BCUT2D eigenvalue weighted by atomic mass is 32.2. The maximum atomic E-state index is 11.6. The molecule has 0 aromatic carbocycles. The fourth-order valence-corrected chi connectivity index (χ4v) is 2.11. The van der Waals surface area contributed by atoms with Crippen molar-refractivity contribution in [3.63, 3.8) is 0 Å². The van der Waals surface area contributed by atoms with Gasteiger partial charge in [-0.2, -0.15) is 11.8 Å². The van der Waals surface area contributed by atoms with Crippen molar-refractivity contribution in [2.45, 2.75) is 37.9 Å². The van der Waals surface area contributed by atoms with E-state index in [0.717, 1.165) is 17.7 Å². The van der Waals surface area contributed by atoms with Crippen LogP contribution in [0.2, 0.25) is 0 Å². The Bertz CT molecular complexity index is 290. The third-order valence-corrected chi connectivity index (χ3v) is 3.32. The summed E-state index contributed by atoms with van der Waals surface area (Å²) < 4.78 is 0. The van der Waals surface area contributed by atoms with Crippen molar-refractivity contribution < 1.29 is 14.4 Å². The molecule has 3 amide bonds. The lowest BCUT2D eigenvalue weighted by molar-refractivity contribution is -0.149. The average molecular weight is 229 g/mol. The standard InChI is InChI=1S/C10H15NO3S/c1-3-4-5-8(12)11-9(13)6-7(15-2)10(11)14/h7H,3-6H2,1-2H3. The molecular formula is C10H15NO3S.